The van der Waals surface area contributed by atoms with Crippen molar-refractivity contribution < 1.29 is 9.21 Å². The second-order valence-electron chi connectivity index (χ2n) is 6.68. The van der Waals surface area contributed by atoms with Crippen molar-refractivity contribution in [1.29, 1.82) is 0 Å². The number of benzene rings is 1. The summed E-state index contributed by atoms with van der Waals surface area (Å²) in [6, 6.07) is 9.13. The van der Waals surface area contributed by atoms with E-state index in [2.05, 4.69) is 10.3 Å². The van der Waals surface area contributed by atoms with Crippen molar-refractivity contribution in [2.75, 3.05) is 0 Å². The molecule has 4 rings (SSSR count). The molecule has 1 atom stereocenters. The third-order valence-corrected chi connectivity index (χ3v) is 5.00. The third-order valence-electron chi connectivity index (χ3n) is 5.00. The zero-order valence-electron chi connectivity index (χ0n) is 14.3. The molecule has 3 aromatic rings. The van der Waals surface area contributed by atoms with Crippen molar-refractivity contribution in [3.05, 3.63) is 68.8 Å². The lowest BCUT2D eigenvalue weighted by atomic mass is 9.91. The quantitative estimate of drug-likeness (QED) is 0.751. The minimum atomic E-state index is -0.211. The number of hydrogen-bond acceptors (Lipinski definition) is 3. The van der Waals surface area contributed by atoms with Gasteiger partial charge in [0, 0.05) is 22.7 Å². The first-order valence-electron chi connectivity index (χ1n) is 8.56. The molecule has 0 aliphatic heterocycles. The zero-order valence-corrected chi connectivity index (χ0v) is 14.3. The Morgan fingerprint density at radius 1 is 1.24 bits per heavy atom. The molecule has 5 nitrogen and oxygen atoms in total. The summed E-state index contributed by atoms with van der Waals surface area (Å²) in [7, 11) is 0. The number of pyridine rings is 1. The van der Waals surface area contributed by atoms with Gasteiger partial charge in [-0.3, -0.25) is 9.59 Å². The van der Waals surface area contributed by atoms with Crippen molar-refractivity contribution in [3.63, 3.8) is 0 Å². The van der Waals surface area contributed by atoms with Gasteiger partial charge >= 0.3 is 0 Å². The van der Waals surface area contributed by atoms with E-state index < -0.39 is 0 Å². The number of H-pyrrole nitrogens is 1. The van der Waals surface area contributed by atoms with Crippen LogP contribution in [0.5, 0.6) is 0 Å². The minimum absolute atomic E-state index is 0.102. The van der Waals surface area contributed by atoms with Crippen LogP contribution in [0.15, 0.2) is 39.5 Å². The molecule has 1 amide bonds. The van der Waals surface area contributed by atoms with Crippen molar-refractivity contribution in [2.24, 2.45) is 0 Å². The average Bonchev–Trinajstić information content (AvgIpc) is 2.93. The first-order chi connectivity index (χ1) is 12.0. The Morgan fingerprint density at radius 2 is 2.08 bits per heavy atom. The predicted octanol–water partition coefficient (Wildman–Crippen LogP) is 3.55. The number of aromatic amines is 1. The van der Waals surface area contributed by atoms with Gasteiger partial charge < -0.3 is 14.7 Å². The molecule has 2 N–H and O–H groups in total. The zero-order chi connectivity index (χ0) is 17.6. The molecule has 0 bridgehead atoms. The fourth-order valence-corrected chi connectivity index (χ4v) is 3.67. The topological polar surface area (TPSA) is 75.1 Å². The number of nitrogens with one attached hydrogen (secondary N) is 2. The summed E-state index contributed by atoms with van der Waals surface area (Å²) in [5.41, 5.74) is 4.44. The lowest BCUT2D eigenvalue weighted by Gasteiger charge is -2.25. The van der Waals surface area contributed by atoms with E-state index >= 15 is 0 Å². The van der Waals surface area contributed by atoms with Crippen LogP contribution in [0, 0.1) is 13.8 Å². The third kappa shape index (κ3) is 2.65. The molecule has 1 aliphatic rings. The van der Waals surface area contributed by atoms with E-state index in [9.17, 15) is 9.59 Å². The summed E-state index contributed by atoms with van der Waals surface area (Å²) in [4.78, 5) is 27.2. The van der Waals surface area contributed by atoms with Gasteiger partial charge in [0.2, 0.25) is 5.56 Å². The SMILES string of the molecule is Cc1c(C(=O)NC2CCCc3[nH]c(=O)ccc32)oc2c(C)cccc12. The van der Waals surface area contributed by atoms with Crippen LogP contribution in [0.1, 0.15) is 51.8 Å². The highest BCUT2D eigenvalue weighted by molar-refractivity contribution is 5.99. The molecule has 1 unspecified atom stereocenters. The fourth-order valence-electron chi connectivity index (χ4n) is 3.67. The molecule has 0 saturated carbocycles. The molecular weight excluding hydrogens is 316 g/mol. The maximum Gasteiger partial charge on any atom is 0.287 e. The van der Waals surface area contributed by atoms with Gasteiger partial charge in [0.1, 0.15) is 5.58 Å². The Kier molecular flexibility index (Phi) is 3.71. The minimum Gasteiger partial charge on any atom is -0.450 e. The second-order valence-corrected chi connectivity index (χ2v) is 6.68. The van der Waals surface area contributed by atoms with E-state index in [1.54, 1.807) is 0 Å². The van der Waals surface area contributed by atoms with Crippen LogP contribution in [0.4, 0.5) is 0 Å². The molecule has 0 spiro atoms. The van der Waals surface area contributed by atoms with Crippen molar-refractivity contribution in [3.8, 4) is 0 Å². The largest absolute Gasteiger partial charge is 0.450 e. The van der Waals surface area contributed by atoms with Gasteiger partial charge in [-0.1, -0.05) is 18.2 Å². The van der Waals surface area contributed by atoms with Crippen LogP contribution < -0.4 is 10.9 Å². The lowest BCUT2D eigenvalue weighted by Crippen LogP contribution is -2.32. The summed E-state index contributed by atoms with van der Waals surface area (Å²) in [6.45, 7) is 3.88. The Balaban J connectivity index is 1.67. The van der Waals surface area contributed by atoms with Crippen LogP contribution in [-0.4, -0.2) is 10.9 Å². The maximum absolute atomic E-state index is 12.8. The average molecular weight is 336 g/mol. The number of aryl methyl sites for hydroxylation is 3. The fraction of sp³-hybridized carbons (Fsp3) is 0.300. The smallest absolute Gasteiger partial charge is 0.287 e. The molecule has 0 saturated heterocycles. The van der Waals surface area contributed by atoms with Crippen LogP contribution in [0.3, 0.4) is 0 Å². The predicted molar refractivity (Wildman–Crippen MR) is 95.9 cm³/mol. The molecule has 2 heterocycles. The number of carbonyl (C=O) groups is 1. The van der Waals surface area contributed by atoms with Gasteiger partial charge in [0.15, 0.2) is 5.76 Å². The summed E-state index contributed by atoms with van der Waals surface area (Å²) in [5, 5.41) is 4.05. The van der Waals surface area contributed by atoms with E-state index in [1.165, 1.54) is 6.07 Å². The molecule has 25 heavy (non-hydrogen) atoms. The Bertz CT molecular complexity index is 1030. The highest BCUT2D eigenvalue weighted by atomic mass is 16.3. The summed E-state index contributed by atoms with van der Waals surface area (Å²) >= 11 is 0. The molecule has 1 aliphatic carbocycles. The number of carbonyl (C=O) groups excluding carboxylic acids is 1. The number of fused-ring (bicyclic) bond motifs is 2. The molecule has 128 valence electrons. The Labute approximate surface area is 145 Å². The van der Waals surface area contributed by atoms with Gasteiger partial charge in [-0.15, -0.1) is 0 Å². The van der Waals surface area contributed by atoms with Crippen LogP contribution >= 0.6 is 0 Å². The van der Waals surface area contributed by atoms with Crippen molar-refractivity contribution in [2.45, 2.75) is 39.2 Å². The molecular formula is C20H20N2O3. The summed E-state index contributed by atoms with van der Waals surface area (Å²) < 4.78 is 5.87. The van der Waals surface area contributed by atoms with Crippen LogP contribution in [0.25, 0.3) is 11.0 Å². The summed E-state index contributed by atoms with van der Waals surface area (Å²) in [5.74, 6) is 0.151. The van der Waals surface area contributed by atoms with Crippen molar-refractivity contribution in [1.82, 2.24) is 10.3 Å². The van der Waals surface area contributed by atoms with Gasteiger partial charge in [-0.05, 0) is 50.3 Å². The lowest BCUT2D eigenvalue weighted by molar-refractivity contribution is 0.0905. The molecule has 2 aromatic heterocycles. The molecule has 0 radical (unpaired) electrons. The monoisotopic (exact) mass is 336 g/mol. The number of aromatic nitrogens is 1. The van der Waals surface area contributed by atoms with E-state index in [1.807, 2.05) is 38.1 Å². The number of hydrogen-bond donors (Lipinski definition) is 2. The summed E-state index contributed by atoms with van der Waals surface area (Å²) in [6.07, 6.45) is 2.61. The first-order valence-corrected chi connectivity index (χ1v) is 8.56. The highest BCUT2D eigenvalue weighted by Gasteiger charge is 2.25. The number of amides is 1. The number of furan rings is 1. The molecule has 1 aromatic carbocycles. The van der Waals surface area contributed by atoms with Crippen LogP contribution in [0.2, 0.25) is 0 Å². The van der Waals surface area contributed by atoms with Gasteiger partial charge in [-0.25, -0.2) is 0 Å². The van der Waals surface area contributed by atoms with Crippen molar-refractivity contribution >= 4 is 16.9 Å². The Hall–Kier alpha value is -2.82. The normalized spacial score (nSPS) is 16.6. The van der Waals surface area contributed by atoms with E-state index in [0.717, 1.165) is 52.6 Å². The van der Waals surface area contributed by atoms with Crippen LogP contribution in [-0.2, 0) is 6.42 Å². The number of rotatable bonds is 2. The van der Waals surface area contributed by atoms with E-state index in [0.29, 0.717) is 5.76 Å². The van der Waals surface area contributed by atoms with E-state index in [-0.39, 0.29) is 17.5 Å². The molecule has 0 fully saturated rings. The molecule has 5 heteroatoms. The van der Waals surface area contributed by atoms with E-state index in [4.69, 9.17) is 4.42 Å². The highest BCUT2D eigenvalue weighted by Crippen LogP contribution is 2.30. The first kappa shape index (κ1) is 15.7. The standard InChI is InChI=1S/C20H20N2O3/c1-11-5-3-6-13-12(2)19(25-18(11)13)20(24)22-16-8-4-7-15-14(16)9-10-17(23)21-15/h3,5-6,9-10,16H,4,7-8H2,1-2H3,(H,21,23)(H,22,24). The second kappa shape index (κ2) is 5.92. The Morgan fingerprint density at radius 3 is 2.88 bits per heavy atom. The van der Waals surface area contributed by atoms with Gasteiger partial charge in [0.05, 0.1) is 6.04 Å². The maximum atomic E-state index is 12.8. The van der Waals surface area contributed by atoms with Gasteiger partial charge in [-0.2, -0.15) is 0 Å². The number of para-hydroxylation sites is 1. The van der Waals surface area contributed by atoms with Gasteiger partial charge in [0.25, 0.3) is 5.91 Å².